The number of carbonyl (C=O) groups is 1. The number of amides is 1. The Kier molecular flexibility index (Phi) is 3.49. The number of nitrogens with one attached hydrogen (secondary N) is 1. The molecular formula is C16H16N4O3S. The largest absolute Gasteiger partial charge is 0.293 e. The van der Waals surface area contributed by atoms with Crippen LogP contribution in [-0.4, -0.2) is 40.4 Å². The van der Waals surface area contributed by atoms with E-state index in [1.165, 1.54) is 0 Å². The molecule has 1 saturated heterocycles. The SMILES string of the molecule is O=C(CC1CCS(=O)(=O)C1)Nc1nc2ccc3ccccc3n2n1. The monoisotopic (exact) mass is 344 g/mol. The zero-order valence-electron chi connectivity index (χ0n) is 12.8. The highest BCUT2D eigenvalue weighted by molar-refractivity contribution is 7.91. The predicted octanol–water partition coefficient (Wildman–Crippen LogP) is 1.65. The molecule has 0 radical (unpaired) electrons. The molecule has 1 fully saturated rings. The number of sulfone groups is 1. The number of hydrogen-bond acceptors (Lipinski definition) is 5. The first-order chi connectivity index (χ1) is 11.5. The molecule has 1 atom stereocenters. The van der Waals surface area contributed by atoms with E-state index in [-0.39, 0.29) is 35.7 Å². The summed E-state index contributed by atoms with van der Waals surface area (Å²) in [5.41, 5.74) is 1.55. The molecule has 1 unspecified atom stereocenters. The Morgan fingerprint density at radius 3 is 2.88 bits per heavy atom. The van der Waals surface area contributed by atoms with Crippen LogP contribution in [0.5, 0.6) is 0 Å². The number of rotatable bonds is 3. The summed E-state index contributed by atoms with van der Waals surface area (Å²) in [7, 11) is -2.97. The molecule has 8 heteroatoms. The number of aromatic nitrogens is 3. The minimum absolute atomic E-state index is 0.0870. The van der Waals surface area contributed by atoms with Gasteiger partial charge in [0.05, 0.1) is 17.0 Å². The van der Waals surface area contributed by atoms with E-state index < -0.39 is 9.84 Å². The van der Waals surface area contributed by atoms with E-state index in [0.29, 0.717) is 12.1 Å². The van der Waals surface area contributed by atoms with Crippen LogP contribution in [0.3, 0.4) is 0 Å². The first-order valence-electron chi connectivity index (χ1n) is 7.75. The van der Waals surface area contributed by atoms with Crippen molar-refractivity contribution >= 4 is 38.2 Å². The van der Waals surface area contributed by atoms with Crippen molar-refractivity contribution in [2.75, 3.05) is 16.8 Å². The number of hydrogen-bond donors (Lipinski definition) is 1. The average Bonchev–Trinajstić information content (AvgIpc) is 3.09. The molecule has 0 bridgehead atoms. The zero-order chi connectivity index (χ0) is 16.7. The maximum atomic E-state index is 12.1. The Labute approximate surface area is 138 Å². The van der Waals surface area contributed by atoms with E-state index >= 15 is 0 Å². The lowest BCUT2D eigenvalue weighted by molar-refractivity contribution is -0.116. The van der Waals surface area contributed by atoms with Gasteiger partial charge in [0.2, 0.25) is 11.9 Å². The quantitative estimate of drug-likeness (QED) is 0.780. The van der Waals surface area contributed by atoms with Gasteiger partial charge in [0.15, 0.2) is 15.5 Å². The number of pyridine rings is 1. The van der Waals surface area contributed by atoms with Gasteiger partial charge in [0, 0.05) is 11.8 Å². The molecular weight excluding hydrogens is 328 g/mol. The third-order valence-corrected chi connectivity index (χ3v) is 6.10. The first kappa shape index (κ1) is 15.1. The third kappa shape index (κ3) is 2.84. The molecule has 124 valence electrons. The fourth-order valence-corrected chi connectivity index (χ4v) is 4.98. The maximum absolute atomic E-state index is 12.1. The van der Waals surface area contributed by atoms with E-state index in [9.17, 15) is 13.2 Å². The van der Waals surface area contributed by atoms with Crippen molar-refractivity contribution in [3.8, 4) is 0 Å². The van der Waals surface area contributed by atoms with Crippen LogP contribution >= 0.6 is 0 Å². The normalized spacial score (nSPS) is 19.8. The number of para-hydroxylation sites is 1. The van der Waals surface area contributed by atoms with Crippen molar-refractivity contribution in [1.29, 1.82) is 0 Å². The van der Waals surface area contributed by atoms with Crippen molar-refractivity contribution in [1.82, 2.24) is 14.6 Å². The molecule has 0 aliphatic carbocycles. The highest BCUT2D eigenvalue weighted by Crippen LogP contribution is 2.22. The Balaban J connectivity index is 1.54. The average molecular weight is 344 g/mol. The van der Waals surface area contributed by atoms with Gasteiger partial charge in [-0.2, -0.15) is 4.98 Å². The van der Waals surface area contributed by atoms with Crippen LogP contribution in [0.1, 0.15) is 12.8 Å². The summed E-state index contributed by atoms with van der Waals surface area (Å²) in [4.78, 5) is 16.4. The van der Waals surface area contributed by atoms with Crippen molar-refractivity contribution in [2.45, 2.75) is 12.8 Å². The molecule has 1 aliphatic rings. The van der Waals surface area contributed by atoms with Crippen LogP contribution in [0.2, 0.25) is 0 Å². The van der Waals surface area contributed by atoms with Gasteiger partial charge in [-0.25, -0.2) is 12.9 Å². The van der Waals surface area contributed by atoms with Crippen LogP contribution in [0.4, 0.5) is 5.95 Å². The number of nitrogens with zero attached hydrogens (tertiary/aromatic N) is 3. The first-order valence-corrected chi connectivity index (χ1v) is 9.57. The third-order valence-electron chi connectivity index (χ3n) is 4.26. The van der Waals surface area contributed by atoms with E-state index in [1.807, 2.05) is 36.4 Å². The predicted molar refractivity (Wildman–Crippen MR) is 90.5 cm³/mol. The topological polar surface area (TPSA) is 93.4 Å². The van der Waals surface area contributed by atoms with Crippen LogP contribution in [0.15, 0.2) is 36.4 Å². The Morgan fingerprint density at radius 2 is 2.08 bits per heavy atom. The number of benzene rings is 1. The summed E-state index contributed by atoms with van der Waals surface area (Å²) in [5, 5.41) is 8.04. The fourth-order valence-electron chi connectivity index (χ4n) is 3.12. The van der Waals surface area contributed by atoms with Crippen LogP contribution in [-0.2, 0) is 14.6 Å². The second-order valence-electron chi connectivity index (χ2n) is 6.12. The van der Waals surface area contributed by atoms with E-state index in [0.717, 1.165) is 10.9 Å². The van der Waals surface area contributed by atoms with Crippen LogP contribution < -0.4 is 5.32 Å². The second kappa shape index (κ2) is 5.55. The molecule has 1 amide bonds. The minimum Gasteiger partial charge on any atom is -0.293 e. The van der Waals surface area contributed by atoms with Crippen LogP contribution in [0, 0.1) is 5.92 Å². The molecule has 1 aromatic carbocycles. The summed E-state index contributed by atoms with van der Waals surface area (Å²) >= 11 is 0. The molecule has 1 N–H and O–H groups in total. The van der Waals surface area contributed by atoms with Crippen molar-refractivity contribution in [2.24, 2.45) is 5.92 Å². The molecule has 0 saturated carbocycles. The lowest BCUT2D eigenvalue weighted by Gasteiger charge is -2.05. The second-order valence-corrected chi connectivity index (χ2v) is 8.35. The number of carbonyl (C=O) groups excluding carboxylic acids is 1. The molecule has 24 heavy (non-hydrogen) atoms. The van der Waals surface area contributed by atoms with Gasteiger partial charge in [-0.3, -0.25) is 10.1 Å². The Bertz CT molecular complexity index is 1040. The fraction of sp³-hybridized carbons (Fsp3) is 0.312. The van der Waals surface area contributed by atoms with Gasteiger partial charge in [-0.15, -0.1) is 5.10 Å². The van der Waals surface area contributed by atoms with Crippen molar-refractivity contribution in [3.63, 3.8) is 0 Å². The molecule has 3 aromatic rings. The standard InChI is InChI=1S/C16H16N4O3S/c21-15(9-11-7-8-24(22,23)10-11)18-16-17-14-6-5-12-3-1-2-4-13(12)20(14)19-16/h1-6,11H,7-10H2,(H,18,19,21). The van der Waals surface area contributed by atoms with E-state index in [1.54, 1.807) is 4.52 Å². The number of fused-ring (bicyclic) bond motifs is 3. The molecule has 4 rings (SSSR count). The minimum atomic E-state index is -2.97. The summed E-state index contributed by atoms with van der Waals surface area (Å²) in [6.45, 7) is 0. The highest BCUT2D eigenvalue weighted by atomic mass is 32.2. The summed E-state index contributed by atoms with van der Waals surface area (Å²) < 4.78 is 24.6. The van der Waals surface area contributed by atoms with Crippen molar-refractivity contribution in [3.05, 3.63) is 36.4 Å². The van der Waals surface area contributed by atoms with E-state index in [2.05, 4.69) is 15.4 Å². The maximum Gasteiger partial charge on any atom is 0.249 e. The summed E-state index contributed by atoms with van der Waals surface area (Å²) in [6.07, 6.45) is 0.717. The Morgan fingerprint density at radius 1 is 1.25 bits per heavy atom. The molecule has 3 heterocycles. The van der Waals surface area contributed by atoms with Crippen LogP contribution in [0.25, 0.3) is 16.6 Å². The Hall–Kier alpha value is -2.48. The van der Waals surface area contributed by atoms with Gasteiger partial charge in [-0.1, -0.05) is 18.2 Å². The van der Waals surface area contributed by atoms with Crippen molar-refractivity contribution < 1.29 is 13.2 Å². The lowest BCUT2D eigenvalue weighted by atomic mass is 10.1. The van der Waals surface area contributed by atoms with Gasteiger partial charge in [0.25, 0.3) is 0 Å². The van der Waals surface area contributed by atoms with Gasteiger partial charge < -0.3 is 0 Å². The lowest BCUT2D eigenvalue weighted by Crippen LogP contribution is -2.18. The molecule has 1 aliphatic heterocycles. The summed E-state index contributed by atoms with van der Waals surface area (Å²) in [6, 6.07) is 11.6. The zero-order valence-corrected chi connectivity index (χ0v) is 13.7. The smallest absolute Gasteiger partial charge is 0.249 e. The molecule has 7 nitrogen and oxygen atoms in total. The summed E-state index contributed by atoms with van der Waals surface area (Å²) in [5.74, 6) is 0.120. The highest BCUT2D eigenvalue weighted by Gasteiger charge is 2.29. The van der Waals surface area contributed by atoms with E-state index in [4.69, 9.17) is 0 Å². The van der Waals surface area contributed by atoms with Gasteiger partial charge in [-0.05, 0) is 30.5 Å². The van der Waals surface area contributed by atoms with Gasteiger partial charge >= 0.3 is 0 Å². The number of anilines is 1. The van der Waals surface area contributed by atoms with Gasteiger partial charge in [0.1, 0.15) is 0 Å². The molecule has 0 spiro atoms. The molecule has 2 aromatic heterocycles.